The van der Waals surface area contributed by atoms with Crippen LogP contribution in [0.2, 0.25) is 0 Å². The summed E-state index contributed by atoms with van der Waals surface area (Å²) in [4.78, 5) is 18.5. The number of amides is 1. The van der Waals surface area contributed by atoms with Crippen molar-refractivity contribution in [1.82, 2.24) is 9.88 Å². The number of nitrogens with two attached hydrogens (primary N) is 1. The summed E-state index contributed by atoms with van der Waals surface area (Å²) in [5.74, 6) is 0.554. The first-order valence-electron chi connectivity index (χ1n) is 7.55. The van der Waals surface area contributed by atoms with Gasteiger partial charge in [0.2, 0.25) is 5.91 Å². The summed E-state index contributed by atoms with van der Waals surface area (Å²) >= 11 is 1.63. The molecule has 7 heteroatoms. The minimum atomic E-state index is 0. The first-order chi connectivity index (χ1) is 9.61. The fraction of sp³-hybridized carbons (Fsp3) is 0.750. The van der Waals surface area contributed by atoms with Gasteiger partial charge in [0.15, 0.2) is 0 Å². The van der Waals surface area contributed by atoms with Crippen LogP contribution in [0.4, 0.5) is 0 Å². The molecular weight excluding hydrogens is 353 g/mol. The lowest BCUT2D eigenvalue weighted by atomic mass is 9.98. The molecule has 1 amide bonds. The lowest BCUT2D eigenvalue weighted by Crippen LogP contribution is -2.35. The van der Waals surface area contributed by atoms with Crippen LogP contribution < -0.4 is 5.73 Å². The normalized spacial score (nSPS) is 12.3. The smallest absolute Gasteiger partial charge is 0.228 e. The van der Waals surface area contributed by atoms with Gasteiger partial charge < -0.3 is 10.6 Å². The summed E-state index contributed by atoms with van der Waals surface area (Å²) in [5, 5.41) is 3.07. The van der Waals surface area contributed by atoms with Gasteiger partial charge in [0.25, 0.3) is 0 Å². The Bertz CT molecular complexity index is 472. The van der Waals surface area contributed by atoms with Crippen LogP contribution in [0.5, 0.6) is 0 Å². The lowest BCUT2D eigenvalue weighted by molar-refractivity contribution is -0.129. The zero-order valence-electron chi connectivity index (χ0n) is 15.0. The minimum absolute atomic E-state index is 0. The minimum Gasteiger partial charge on any atom is -0.345 e. The summed E-state index contributed by atoms with van der Waals surface area (Å²) in [5.41, 5.74) is 6.93. The van der Waals surface area contributed by atoms with Gasteiger partial charge in [-0.05, 0) is 12.3 Å². The van der Waals surface area contributed by atoms with Crippen molar-refractivity contribution < 1.29 is 4.79 Å². The number of hydrogen-bond acceptors (Lipinski definition) is 4. The predicted molar refractivity (Wildman–Crippen MR) is 104 cm³/mol. The van der Waals surface area contributed by atoms with Crippen molar-refractivity contribution in [3.63, 3.8) is 0 Å². The third kappa shape index (κ3) is 8.34. The highest BCUT2D eigenvalue weighted by atomic mass is 35.5. The number of carbonyl (C=O) groups is 1. The molecule has 0 aliphatic carbocycles. The second-order valence-corrected chi connectivity index (χ2v) is 7.94. The Morgan fingerprint density at radius 3 is 2.35 bits per heavy atom. The molecule has 1 aromatic rings. The second kappa shape index (κ2) is 10.5. The SMILES string of the molecule is CC(C)C(N)CCN(C)C(=O)Cc1csc(C(C)(C)C)n1.Cl.Cl. The topological polar surface area (TPSA) is 59.2 Å². The highest BCUT2D eigenvalue weighted by Crippen LogP contribution is 2.25. The summed E-state index contributed by atoms with van der Waals surface area (Å²) in [6.07, 6.45) is 1.21. The maximum absolute atomic E-state index is 12.2. The molecule has 2 N–H and O–H groups in total. The van der Waals surface area contributed by atoms with Crippen LogP contribution in [-0.2, 0) is 16.6 Å². The van der Waals surface area contributed by atoms with E-state index in [1.807, 2.05) is 12.4 Å². The molecule has 0 saturated heterocycles. The molecule has 0 fully saturated rings. The number of halogens is 2. The van der Waals surface area contributed by atoms with E-state index in [1.54, 1.807) is 16.2 Å². The second-order valence-electron chi connectivity index (χ2n) is 7.08. The van der Waals surface area contributed by atoms with Crippen molar-refractivity contribution in [3.05, 3.63) is 16.1 Å². The Hall–Kier alpha value is -0.360. The zero-order chi connectivity index (χ0) is 16.2. The molecule has 0 bridgehead atoms. The molecule has 1 rings (SSSR count). The molecular formula is C16H31Cl2N3OS. The zero-order valence-corrected chi connectivity index (χ0v) is 17.4. The number of likely N-dealkylation sites (N-methyl/N-ethyl adjacent to an activating group) is 1. The molecule has 0 radical (unpaired) electrons. The van der Waals surface area contributed by atoms with E-state index in [4.69, 9.17) is 5.73 Å². The Morgan fingerprint density at radius 2 is 1.91 bits per heavy atom. The van der Waals surface area contributed by atoms with Crippen LogP contribution in [0, 0.1) is 5.92 Å². The number of thiazole rings is 1. The maximum Gasteiger partial charge on any atom is 0.228 e. The molecule has 136 valence electrons. The van der Waals surface area contributed by atoms with Gasteiger partial charge in [0.1, 0.15) is 0 Å². The molecule has 1 unspecified atom stereocenters. The van der Waals surface area contributed by atoms with Gasteiger partial charge >= 0.3 is 0 Å². The molecule has 1 aromatic heterocycles. The van der Waals surface area contributed by atoms with Gasteiger partial charge in [0, 0.05) is 30.4 Å². The Balaban J connectivity index is 0. The Labute approximate surface area is 157 Å². The van der Waals surface area contributed by atoms with Crippen molar-refractivity contribution in [3.8, 4) is 0 Å². The van der Waals surface area contributed by atoms with Crippen LogP contribution in [-0.4, -0.2) is 35.4 Å². The van der Waals surface area contributed by atoms with Gasteiger partial charge in [-0.1, -0.05) is 34.6 Å². The van der Waals surface area contributed by atoms with Gasteiger partial charge in [-0.2, -0.15) is 0 Å². The maximum atomic E-state index is 12.2. The summed E-state index contributed by atoms with van der Waals surface area (Å²) in [7, 11) is 1.84. The third-order valence-electron chi connectivity index (χ3n) is 3.61. The number of carbonyl (C=O) groups excluding carboxylic acids is 1. The molecule has 0 spiro atoms. The standard InChI is InChI=1S/C16H29N3OS.2ClH/c1-11(2)13(17)7-8-19(6)14(20)9-12-10-21-15(18-12)16(3,4)5;;/h10-11,13H,7-9,17H2,1-6H3;2*1H. The summed E-state index contributed by atoms with van der Waals surface area (Å²) in [6, 6.07) is 0.145. The van der Waals surface area contributed by atoms with E-state index < -0.39 is 0 Å². The number of aromatic nitrogens is 1. The molecule has 1 atom stereocenters. The fourth-order valence-electron chi connectivity index (χ4n) is 1.82. The predicted octanol–water partition coefficient (Wildman–Crippen LogP) is 3.66. The fourth-order valence-corrected chi connectivity index (χ4v) is 2.73. The van der Waals surface area contributed by atoms with Gasteiger partial charge in [0.05, 0.1) is 17.1 Å². The largest absolute Gasteiger partial charge is 0.345 e. The monoisotopic (exact) mass is 383 g/mol. The van der Waals surface area contributed by atoms with E-state index in [0.717, 1.165) is 17.1 Å². The number of hydrogen-bond donors (Lipinski definition) is 1. The van der Waals surface area contributed by atoms with E-state index in [1.165, 1.54) is 0 Å². The Morgan fingerprint density at radius 1 is 1.35 bits per heavy atom. The van der Waals surface area contributed by atoms with Crippen LogP contribution in [0.15, 0.2) is 5.38 Å². The van der Waals surface area contributed by atoms with Gasteiger partial charge in [-0.3, -0.25) is 4.79 Å². The first kappa shape index (κ1) is 24.9. The summed E-state index contributed by atoms with van der Waals surface area (Å²) in [6.45, 7) is 11.3. The van der Waals surface area contributed by atoms with Crippen LogP contribution >= 0.6 is 36.2 Å². The Kier molecular flexibility index (Phi) is 11.4. The van der Waals surface area contributed by atoms with Crippen molar-refractivity contribution >= 4 is 42.1 Å². The highest BCUT2D eigenvalue weighted by Gasteiger charge is 2.20. The van der Waals surface area contributed by atoms with Crippen LogP contribution in [0.25, 0.3) is 0 Å². The van der Waals surface area contributed by atoms with Crippen LogP contribution in [0.3, 0.4) is 0 Å². The van der Waals surface area contributed by atoms with Crippen molar-refractivity contribution in [2.24, 2.45) is 11.7 Å². The molecule has 0 saturated carbocycles. The van der Waals surface area contributed by atoms with Crippen molar-refractivity contribution in [1.29, 1.82) is 0 Å². The van der Waals surface area contributed by atoms with Crippen molar-refractivity contribution in [2.45, 2.75) is 58.9 Å². The molecule has 4 nitrogen and oxygen atoms in total. The number of nitrogens with zero attached hydrogens (tertiary/aromatic N) is 2. The van der Waals surface area contributed by atoms with E-state index in [-0.39, 0.29) is 42.2 Å². The quantitative estimate of drug-likeness (QED) is 0.814. The van der Waals surface area contributed by atoms with E-state index in [2.05, 4.69) is 39.6 Å². The average molecular weight is 384 g/mol. The highest BCUT2D eigenvalue weighted by molar-refractivity contribution is 7.09. The van der Waals surface area contributed by atoms with E-state index >= 15 is 0 Å². The van der Waals surface area contributed by atoms with Crippen molar-refractivity contribution in [2.75, 3.05) is 13.6 Å². The number of rotatable bonds is 6. The molecule has 0 aromatic carbocycles. The molecule has 0 aliphatic rings. The molecule has 23 heavy (non-hydrogen) atoms. The average Bonchev–Trinajstić information content (AvgIpc) is 2.83. The molecule has 0 aliphatic heterocycles. The van der Waals surface area contributed by atoms with Gasteiger partial charge in [-0.25, -0.2) is 4.98 Å². The lowest BCUT2D eigenvalue weighted by Gasteiger charge is -2.21. The van der Waals surface area contributed by atoms with E-state index in [0.29, 0.717) is 18.9 Å². The molecule has 1 heterocycles. The van der Waals surface area contributed by atoms with E-state index in [9.17, 15) is 4.79 Å². The summed E-state index contributed by atoms with van der Waals surface area (Å²) < 4.78 is 0. The third-order valence-corrected chi connectivity index (χ3v) is 4.92. The van der Waals surface area contributed by atoms with Gasteiger partial charge in [-0.15, -0.1) is 36.2 Å². The van der Waals surface area contributed by atoms with Crippen LogP contribution in [0.1, 0.15) is 51.7 Å². The first-order valence-corrected chi connectivity index (χ1v) is 8.43.